The lowest BCUT2D eigenvalue weighted by Gasteiger charge is -2.54. The van der Waals surface area contributed by atoms with Crippen molar-refractivity contribution in [3.05, 3.63) is 28.8 Å². The highest BCUT2D eigenvalue weighted by atomic mass is 16.5. The summed E-state index contributed by atoms with van der Waals surface area (Å²) in [6, 6.07) is 3.35. The Morgan fingerprint density at radius 3 is 2.52 bits per heavy atom. The zero-order valence-electron chi connectivity index (χ0n) is 17.0. The van der Waals surface area contributed by atoms with Crippen molar-refractivity contribution in [1.82, 2.24) is 4.90 Å². The van der Waals surface area contributed by atoms with E-state index >= 15 is 0 Å². The summed E-state index contributed by atoms with van der Waals surface area (Å²) >= 11 is 0. The number of nitrogens with zero attached hydrogens (tertiary/aromatic N) is 1. The number of amides is 1. The van der Waals surface area contributed by atoms with E-state index in [2.05, 4.69) is 0 Å². The predicted octanol–water partition coefficient (Wildman–Crippen LogP) is 4.21. The molecule has 0 aliphatic carbocycles. The minimum absolute atomic E-state index is 0.0519. The molecule has 1 atom stereocenters. The molecule has 0 radical (unpaired) electrons. The van der Waals surface area contributed by atoms with Crippen LogP contribution in [0.5, 0.6) is 5.75 Å². The number of carboxylic acid groups (broad SMARTS) is 1. The van der Waals surface area contributed by atoms with Gasteiger partial charge in [-0.2, -0.15) is 0 Å². The molecule has 1 heterocycles. The van der Waals surface area contributed by atoms with Gasteiger partial charge in [0.05, 0.1) is 18.6 Å². The third kappa shape index (κ3) is 3.75. The summed E-state index contributed by atoms with van der Waals surface area (Å²) in [6.45, 7) is 10.3. The Labute approximate surface area is 161 Å². The number of carbonyl (C=O) groups excluding carboxylic acids is 1. The Hall–Kier alpha value is -2.24. The molecule has 6 nitrogen and oxygen atoms in total. The molecule has 0 saturated carbocycles. The van der Waals surface area contributed by atoms with Crippen LogP contribution in [0.25, 0.3) is 0 Å². The molecule has 0 bridgehead atoms. The molecule has 150 valence electrons. The molecule has 1 unspecified atom stereocenters. The zero-order chi connectivity index (χ0) is 20.4. The highest BCUT2D eigenvalue weighted by Crippen LogP contribution is 2.51. The Balaban J connectivity index is 2.62. The smallest absolute Gasteiger partial charge is 0.408 e. The number of rotatable bonds is 5. The summed E-state index contributed by atoms with van der Waals surface area (Å²) < 4.78 is 5.39. The maximum absolute atomic E-state index is 12.7. The number of unbranched alkanes of at least 4 members (excludes halogenated alkanes) is 1. The molecule has 1 aliphatic heterocycles. The van der Waals surface area contributed by atoms with Gasteiger partial charge in [-0.25, -0.2) is 4.79 Å². The monoisotopic (exact) mass is 377 g/mol. The van der Waals surface area contributed by atoms with Crippen molar-refractivity contribution in [1.29, 1.82) is 0 Å². The van der Waals surface area contributed by atoms with Gasteiger partial charge < -0.3 is 14.9 Å². The maximum atomic E-state index is 12.7. The van der Waals surface area contributed by atoms with E-state index in [-0.39, 0.29) is 18.7 Å². The van der Waals surface area contributed by atoms with Crippen molar-refractivity contribution in [2.75, 3.05) is 13.2 Å². The molecule has 1 aromatic rings. The van der Waals surface area contributed by atoms with Crippen LogP contribution >= 0.6 is 0 Å². The topological polar surface area (TPSA) is 87.1 Å². The van der Waals surface area contributed by atoms with Crippen molar-refractivity contribution in [2.45, 2.75) is 65.8 Å². The second-order valence-corrected chi connectivity index (χ2v) is 8.28. The number of hydrogen-bond donors (Lipinski definition) is 2. The SMILES string of the molecule is CCCCOC(=O)CC1(C(C)(C)C)c2ccc(O)c(C)c2CCN1C(=O)O. The van der Waals surface area contributed by atoms with Gasteiger partial charge in [0.15, 0.2) is 0 Å². The highest BCUT2D eigenvalue weighted by molar-refractivity contribution is 5.75. The van der Waals surface area contributed by atoms with Gasteiger partial charge in [-0.15, -0.1) is 0 Å². The van der Waals surface area contributed by atoms with Crippen LogP contribution in [0.3, 0.4) is 0 Å². The van der Waals surface area contributed by atoms with Crippen molar-refractivity contribution < 1.29 is 24.5 Å². The largest absolute Gasteiger partial charge is 0.508 e. The Morgan fingerprint density at radius 2 is 1.96 bits per heavy atom. The average Bonchev–Trinajstić information content (AvgIpc) is 2.57. The fourth-order valence-corrected chi connectivity index (χ4v) is 4.13. The number of ether oxygens (including phenoxy) is 1. The molecule has 27 heavy (non-hydrogen) atoms. The minimum Gasteiger partial charge on any atom is -0.508 e. The number of benzene rings is 1. The lowest BCUT2D eigenvalue weighted by atomic mass is 9.63. The van der Waals surface area contributed by atoms with E-state index in [4.69, 9.17) is 4.74 Å². The lowest BCUT2D eigenvalue weighted by molar-refractivity contribution is -0.150. The minimum atomic E-state index is -1.06. The molecule has 2 rings (SSSR count). The fourth-order valence-electron chi connectivity index (χ4n) is 4.13. The second kappa shape index (κ2) is 7.79. The summed E-state index contributed by atoms with van der Waals surface area (Å²) in [5.41, 5.74) is 0.822. The Morgan fingerprint density at radius 1 is 1.30 bits per heavy atom. The van der Waals surface area contributed by atoms with E-state index in [1.54, 1.807) is 12.1 Å². The molecular formula is C21H31NO5. The van der Waals surface area contributed by atoms with Gasteiger partial charge in [0, 0.05) is 6.54 Å². The first kappa shape index (κ1) is 21.1. The molecular weight excluding hydrogens is 346 g/mol. The number of fused-ring (bicyclic) bond motifs is 1. The summed E-state index contributed by atoms with van der Waals surface area (Å²) in [4.78, 5) is 26.2. The first-order valence-electron chi connectivity index (χ1n) is 9.54. The number of phenols is 1. The van der Waals surface area contributed by atoms with E-state index in [1.807, 2.05) is 34.6 Å². The van der Waals surface area contributed by atoms with Crippen LogP contribution in [0.2, 0.25) is 0 Å². The number of hydrogen-bond acceptors (Lipinski definition) is 4. The van der Waals surface area contributed by atoms with Gasteiger partial charge in [-0.05, 0) is 47.9 Å². The summed E-state index contributed by atoms with van der Waals surface area (Å²) in [6.07, 6.45) is 1.09. The fraction of sp³-hybridized carbons (Fsp3) is 0.619. The number of carbonyl (C=O) groups is 2. The molecule has 1 aromatic carbocycles. The third-order valence-electron chi connectivity index (χ3n) is 5.69. The quantitative estimate of drug-likeness (QED) is 0.593. The van der Waals surface area contributed by atoms with Gasteiger partial charge in [0.2, 0.25) is 0 Å². The molecule has 0 fully saturated rings. The number of phenolic OH excluding ortho intramolecular Hbond substituents is 1. The van der Waals surface area contributed by atoms with Crippen molar-refractivity contribution in [3.63, 3.8) is 0 Å². The van der Waals surface area contributed by atoms with Crippen molar-refractivity contribution in [3.8, 4) is 5.75 Å². The first-order chi connectivity index (χ1) is 12.6. The van der Waals surface area contributed by atoms with Crippen LogP contribution in [-0.4, -0.2) is 40.3 Å². The normalized spacial score (nSPS) is 19.5. The number of aromatic hydroxyl groups is 1. The van der Waals surface area contributed by atoms with Gasteiger partial charge >= 0.3 is 12.1 Å². The molecule has 0 saturated heterocycles. The standard InChI is InChI=1S/C21H31NO5/c1-6-7-12-27-18(24)13-21(20(3,4)5)16-8-9-17(23)14(2)15(16)10-11-22(21)19(25)26/h8-9,23H,6-7,10-13H2,1-5H3,(H,25,26). The van der Waals surface area contributed by atoms with E-state index in [0.29, 0.717) is 13.0 Å². The van der Waals surface area contributed by atoms with Crippen LogP contribution in [0.1, 0.15) is 63.6 Å². The maximum Gasteiger partial charge on any atom is 0.408 e. The van der Waals surface area contributed by atoms with E-state index in [9.17, 15) is 19.8 Å². The molecule has 6 heteroatoms. The second-order valence-electron chi connectivity index (χ2n) is 8.28. The third-order valence-corrected chi connectivity index (χ3v) is 5.69. The molecule has 0 spiro atoms. The van der Waals surface area contributed by atoms with Crippen LogP contribution in [0.15, 0.2) is 12.1 Å². The average molecular weight is 377 g/mol. The highest BCUT2D eigenvalue weighted by Gasteiger charge is 2.54. The molecule has 1 aliphatic rings. The molecule has 0 aromatic heterocycles. The van der Waals surface area contributed by atoms with E-state index in [0.717, 1.165) is 29.5 Å². The summed E-state index contributed by atoms with van der Waals surface area (Å²) in [7, 11) is 0. The Bertz CT molecular complexity index is 722. The molecule has 2 N–H and O–H groups in total. The summed E-state index contributed by atoms with van der Waals surface area (Å²) in [5.74, 6) is -0.214. The van der Waals surface area contributed by atoms with Gasteiger partial charge in [0.1, 0.15) is 5.75 Å². The van der Waals surface area contributed by atoms with Crippen LogP contribution in [0, 0.1) is 12.3 Å². The Kier molecular flexibility index (Phi) is 6.07. The van der Waals surface area contributed by atoms with Crippen molar-refractivity contribution >= 4 is 12.1 Å². The van der Waals surface area contributed by atoms with Crippen LogP contribution < -0.4 is 0 Å². The summed E-state index contributed by atoms with van der Waals surface area (Å²) in [5, 5.41) is 20.1. The van der Waals surface area contributed by atoms with E-state index in [1.165, 1.54) is 4.90 Å². The zero-order valence-corrected chi connectivity index (χ0v) is 17.0. The number of esters is 1. The predicted molar refractivity (Wildman–Crippen MR) is 103 cm³/mol. The van der Waals surface area contributed by atoms with Crippen molar-refractivity contribution in [2.24, 2.45) is 5.41 Å². The molecule has 1 amide bonds. The van der Waals surface area contributed by atoms with Crippen LogP contribution in [-0.2, 0) is 21.5 Å². The van der Waals surface area contributed by atoms with Gasteiger partial charge in [-0.3, -0.25) is 9.69 Å². The first-order valence-corrected chi connectivity index (χ1v) is 9.54. The van der Waals surface area contributed by atoms with E-state index < -0.39 is 23.0 Å². The van der Waals surface area contributed by atoms with Gasteiger partial charge in [0.25, 0.3) is 0 Å². The van der Waals surface area contributed by atoms with Crippen LogP contribution in [0.4, 0.5) is 4.79 Å². The lowest BCUT2D eigenvalue weighted by Crippen LogP contribution is -2.60. The van der Waals surface area contributed by atoms with Gasteiger partial charge in [-0.1, -0.05) is 40.2 Å².